The molecule has 0 unspecified atom stereocenters. The van der Waals surface area contributed by atoms with Gasteiger partial charge in [0.05, 0.1) is 34.5 Å². The van der Waals surface area contributed by atoms with Crippen LogP contribution < -0.4 is 4.74 Å². The van der Waals surface area contributed by atoms with E-state index in [0.29, 0.717) is 37.8 Å². The average molecular weight is 528 g/mol. The molecule has 1 aromatic carbocycles. The van der Waals surface area contributed by atoms with E-state index in [1.807, 2.05) is 19.1 Å². The van der Waals surface area contributed by atoms with E-state index in [4.69, 9.17) is 32.7 Å². The van der Waals surface area contributed by atoms with Crippen LogP contribution in [0, 0.1) is 0 Å². The molecular formula is C26H24Cl2FN5O2. The van der Waals surface area contributed by atoms with E-state index in [2.05, 4.69) is 25.1 Å². The highest BCUT2D eigenvalue weighted by Crippen LogP contribution is 2.34. The number of hydrogen-bond acceptors (Lipinski definition) is 6. The van der Waals surface area contributed by atoms with Crippen LogP contribution >= 0.6 is 23.2 Å². The van der Waals surface area contributed by atoms with Crippen LogP contribution in [0.5, 0.6) is 5.75 Å². The smallest absolute Gasteiger partial charge is 0.151 e. The van der Waals surface area contributed by atoms with E-state index in [-0.39, 0.29) is 5.69 Å². The van der Waals surface area contributed by atoms with E-state index in [1.165, 1.54) is 18.5 Å². The number of nitrogens with one attached hydrogen (secondary N) is 1. The van der Waals surface area contributed by atoms with Crippen molar-refractivity contribution in [2.75, 3.05) is 26.3 Å². The summed E-state index contributed by atoms with van der Waals surface area (Å²) >= 11 is 12.5. The summed E-state index contributed by atoms with van der Waals surface area (Å²) in [6.07, 6.45) is 5.69. The molecule has 0 amide bonds. The van der Waals surface area contributed by atoms with Gasteiger partial charge in [0.25, 0.3) is 0 Å². The minimum atomic E-state index is -0.477. The zero-order valence-electron chi connectivity index (χ0n) is 19.5. The second-order valence-electron chi connectivity index (χ2n) is 8.52. The zero-order valence-corrected chi connectivity index (χ0v) is 21.1. The van der Waals surface area contributed by atoms with Crippen LogP contribution in [-0.2, 0) is 11.3 Å². The molecular weight excluding hydrogens is 504 g/mol. The molecule has 186 valence electrons. The molecule has 0 aliphatic carbocycles. The maximum atomic E-state index is 15.3. The Hall–Kier alpha value is -3.04. The maximum absolute atomic E-state index is 15.3. The van der Waals surface area contributed by atoms with Gasteiger partial charge in [0.15, 0.2) is 5.83 Å². The van der Waals surface area contributed by atoms with Gasteiger partial charge in [-0.25, -0.2) is 4.39 Å². The van der Waals surface area contributed by atoms with Crippen molar-refractivity contribution < 1.29 is 13.9 Å². The lowest BCUT2D eigenvalue weighted by molar-refractivity contribution is 0.0336. The van der Waals surface area contributed by atoms with Gasteiger partial charge >= 0.3 is 0 Å². The Bertz CT molecular complexity index is 1370. The lowest BCUT2D eigenvalue weighted by Gasteiger charge is -2.26. The van der Waals surface area contributed by atoms with Gasteiger partial charge in [0.2, 0.25) is 0 Å². The van der Waals surface area contributed by atoms with Crippen LogP contribution in [0.4, 0.5) is 4.39 Å². The first-order valence-corrected chi connectivity index (χ1v) is 12.3. The van der Waals surface area contributed by atoms with Crippen LogP contribution in [0.1, 0.15) is 35.5 Å². The number of benzene rings is 1. The van der Waals surface area contributed by atoms with Gasteiger partial charge < -0.3 is 9.47 Å². The normalized spacial score (nSPS) is 15.8. The molecule has 0 saturated carbocycles. The van der Waals surface area contributed by atoms with Crippen molar-refractivity contribution in [1.29, 1.82) is 0 Å². The lowest BCUT2D eigenvalue weighted by atomic mass is 10.1. The molecule has 1 aliphatic heterocycles. The molecule has 10 heteroatoms. The topological polar surface area (TPSA) is 76.2 Å². The summed E-state index contributed by atoms with van der Waals surface area (Å²) in [5, 5.41) is 8.48. The van der Waals surface area contributed by atoms with Gasteiger partial charge in [-0.15, -0.1) is 0 Å². The van der Waals surface area contributed by atoms with Crippen LogP contribution in [0.25, 0.3) is 22.8 Å². The number of ether oxygens (including phenoxy) is 2. The molecule has 1 atom stereocenters. The Labute approximate surface area is 217 Å². The molecule has 3 aromatic heterocycles. The first kappa shape index (κ1) is 24.6. The van der Waals surface area contributed by atoms with Gasteiger partial charge in [-0.2, -0.15) is 5.10 Å². The first-order valence-electron chi connectivity index (χ1n) is 11.5. The number of rotatable bonds is 7. The predicted molar refractivity (Wildman–Crippen MR) is 139 cm³/mol. The summed E-state index contributed by atoms with van der Waals surface area (Å²) in [5.41, 5.74) is 3.10. The molecule has 0 spiro atoms. The summed E-state index contributed by atoms with van der Waals surface area (Å²) in [5.74, 6) is 0.0536. The molecule has 0 bridgehead atoms. The Morgan fingerprint density at radius 2 is 1.94 bits per heavy atom. The van der Waals surface area contributed by atoms with Gasteiger partial charge in [-0.1, -0.05) is 29.3 Å². The molecule has 4 aromatic rings. The van der Waals surface area contributed by atoms with Crippen LogP contribution in [0.15, 0.2) is 48.9 Å². The minimum absolute atomic E-state index is 0.195. The Kier molecular flexibility index (Phi) is 7.48. The monoisotopic (exact) mass is 527 g/mol. The number of nitrogens with zero attached hydrogens (tertiary/aromatic N) is 4. The summed E-state index contributed by atoms with van der Waals surface area (Å²) < 4.78 is 26.7. The zero-order chi connectivity index (χ0) is 25.1. The summed E-state index contributed by atoms with van der Waals surface area (Å²) in [7, 11) is 0. The lowest BCUT2D eigenvalue weighted by Crippen LogP contribution is -2.35. The molecule has 1 N–H and O–H groups in total. The van der Waals surface area contributed by atoms with Gasteiger partial charge in [0.1, 0.15) is 17.5 Å². The molecule has 1 saturated heterocycles. The van der Waals surface area contributed by atoms with E-state index in [1.54, 1.807) is 24.4 Å². The fraction of sp³-hybridized carbons (Fsp3) is 0.269. The number of hydrogen-bond donors (Lipinski definition) is 1. The fourth-order valence-corrected chi connectivity index (χ4v) is 4.81. The summed E-state index contributed by atoms with van der Waals surface area (Å²) in [6.45, 7) is 5.83. The van der Waals surface area contributed by atoms with Gasteiger partial charge in [-0.3, -0.25) is 20.0 Å². The van der Waals surface area contributed by atoms with Crippen molar-refractivity contribution in [2.24, 2.45) is 0 Å². The number of morpholine rings is 1. The SMILES string of the molecule is C[C@@H](Oc1ccc2[nH]nc(/C(F)=C\c3ccc(CN4CCOCC4)nc3)c2c1)c1c(Cl)cncc1Cl. The van der Waals surface area contributed by atoms with E-state index < -0.39 is 11.9 Å². The van der Waals surface area contributed by atoms with Crippen LogP contribution in [-0.4, -0.2) is 51.4 Å². The molecule has 0 radical (unpaired) electrons. The number of pyridine rings is 2. The Morgan fingerprint density at radius 1 is 1.17 bits per heavy atom. The Balaban J connectivity index is 1.34. The highest BCUT2D eigenvalue weighted by atomic mass is 35.5. The molecule has 5 rings (SSSR count). The van der Waals surface area contributed by atoms with Gasteiger partial charge in [-0.05, 0) is 42.8 Å². The number of aromatic amines is 1. The average Bonchev–Trinajstić information content (AvgIpc) is 3.29. The summed E-state index contributed by atoms with van der Waals surface area (Å²) in [6, 6.07) is 9.09. The van der Waals surface area contributed by atoms with E-state index >= 15 is 4.39 Å². The van der Waals surface area contributed by atoms with Crippen molar-refractivity contribution in [3.05, 3.63) is 81.5 Å². The predicted octanol–water partition coefficient (Wildman–Crippen LogP) is 6.10. The quantitative estimate of drug-likeness (QED) is 0.313. The van der Waals surface area contributed by atoms with Gasteiger partial charge in [0, 0.05) is 49.2 Å². The highest BCUT2D eigenvalue weighted by Gasteiger charge is 2.18. The van der Waals surface area contributed by atoms with E-state index in [9.17, 15) is 0 Å². The second-order valence-corrected chi connectivity index (χ2v) is 9.33. The standard InChI is InChI=1S/C26H24Cl2FN5O2/c1-16(25-21(27)13-30-14-22(25)28)36-19-4-5-24-20(11-19)26(33-32-24)23(29)10-17-2-3-18(31-12-17)15-34-6-8-35-9-7-34/h2-5,10-14,16H,6-9,15H2,1H3,(H,32,33)/b23-10+/t16-/m1/s1. The Morgan fingerprint density at radius 3 is 2.67 bits per heavy atom. The third kappa shape index (κ3) is 5.52. The largest absolute Gasteiger partial charge is 0.486 e. The van der Waals surface area contributed by atoms with Crippen LogP contribution in [0.2, 0.25) is 10.0 Å². The van der Waals surface area contributed by atoms with Crippen molar-refractivity contribution in [3.8, 4) is 5.75 Å². The number of aromatic nitrogens is 4. The first-order chi connectivity index (χ1) is 17.5. The van der Waals surface area contributed by atoms with E-state index in [0.717, 1.165) is 38.5 Å². The molecule has 1 fully saturated rings. The van der Waals surface area contributed by atoms with Crippen molar-refractivity contribution in [1.82, 2.24) is 25.1 Å². The minimum Gasteiger partial charge on any atom is -0.486 e. The van der Waals surface area contributed by atoms with Crippen molar-refractivity contribution in [2.45, 2.75) is 19.6 Å². The maximum Gasteiger partial charge on any atom is 0.151 e. The third-order valence-corrected chi connectivity index (χ3v) is 6.60. The highest BCUT2D eigenvalue weighted by molar-refractivity contribution is 6.35. The number of fused-ring (bicyclic) bond motifs is 1. The molecule has 36 heavy (non-hydrogen) atoms. The number of halogens is 3. The molecule has 1 aliphatic rings. The van der Waals surface area contributed by atoms with Crippen molar-refractivity contribution >= 4 is 46.0 Å². The second kappa shape index (κ2) is 10.9. The molecule has 7 nitrogen and oxygen atoms in total. The fourth-order valence-electron chi connectivity index (χ4n) is 4.14. The molecule has 4 heterocycles. The number of H-pyrrole nitrogens is 1. The van der Waals surface area contributed by atoms with Crippen molar-refractivity contribution in [3.63, 3.8) is 0 Å². The van der Waals surface area contributed by atoms with Crippen LogP contribution in [0.3, 0.4) is 0 Å². The third-order valence-electron chi connectivity index (χ3n) is 6.00. The summed E-state index contributed by atoms with van der Waals surface area (Å²) in [4.78, 5) is 10.8.